The predicted molar refractivity (Wildman–Crippen MR) is 109 cm³/mol. The van der Waals surface area contributed by atoms with Gasteiger partial charge in [-0.15, -0.1) is 0 Å². The third-order valence-electron chi connectivity index (χ3n) is 5.36. The number of fused-ring (bicyclic) bond motifs is 1. The van der Waals surface area contributed by atoms with Crippen molar-refractivity contribution in [3.05, 3.63) is 82.7 Å². The second-order valence-corrected chi connectivity index (χ2v) is 7.30. The average molecular weight is 375 g/mol. The number of amides is 1. The monoisotopic (exact) mass is 375 g/mol. The van der Waals surface area contributed by atoms with E-state index in [0.29, 0.717) is 12.1 Å². The van der Waals surface area contributed by atoms with Crippen LogP contribution in [0.15, 0.2) is 54.7 Å². The Hall–Kier alpha value is -3.08. The number of para-hydroxylation sites is 1. The van der Waals surface area contributed by atoms with Crippen molar-refractivity contribution < 1.29 is 9.53 Å². The van der Waals surface area contributed by atoms with Crippen LogP contribution in [0.5, 0.6) is 5.75 Å². The molecule has 0 saturated carbocycles. The molecular weight excluding hydrogens is 350 g/mol. The molecule has 3 aromatic rings. The summed E-state index contributed by atoms with van der Waals surface area (Å²) in [5.41, 5.74) is 5.21. The van der Waals surface area contributed by atoms with Gasteiger partial charge in [0.15, 0.2) is 0 Å². The molecule has 0 fully saturated rings. The highest BCUT2D eigenvalue weighted by molar-refractivity contribution is 5.94. The molecule has 1 unspecified atom stereocenters. The number of ether oxygens (including phenoxy) is 1. The van der Waals surface area contributed by atoms with Gasteiger partial charge in [0.25, 0.3) is 5.91 Å². The van der Waals surface area contributed by atoms with Crippen molar-refractivity contribution in [2.24, 2.45) is 0 Å². The Morgan fingerprint density at radius 2 is 2.11 bits per heavy atom. The summed E-state index contributed by atoms with van der Waals surface area (Å²) in [6.45, 7) is 2.66. The van der Waals surface area contributed by atoms with Crippen LogP contribution in [0.25, 0.3) is 0 Å². The maximum atomic E-state index is 12.7. The van der Waals surface area contributed by atoms with Crippen molar-refractivity contribution in [2.45, 2.75) is 38.8 Å². The van der Waals surface area contributed by atoms with Gasteiger partial charge in [0.05, 0.1) is 25.9 Å². The fraction of sp³-hybridized carbons (Fsp3) is 0.304. The molecule has 1 amide bonds. The number of aromatic nitrogens is 2. The molecule has 0 spiro atoms. The number of aryl methyl sites for hydroxylation is 1. The van der Waals surface area contributed by atoms with Gasteiger partial charge >= 0.3 is 0 Å². The van der Waals surface area contributed by atoms with Gasteiger partial charge in [0, 0.05) is 22.4 Å². The molecule has 5 heteroatoms. The highest BCUT2D eigenvalue weighted by atomic mass is 16.5. The first kappa shape index (κ1) is 18.3. The van der Waals surface area contributed by atoms with Crippen LogP contribution in [0.1, 0.15) is 51.6 Å². The molecule has 28 heavy (non-hydrogen) atoms. The summed E-state index contributed by atoms with van der Waals surface area (Å²) in [5, 5.41) is 7.82. The van der Waals surface area contributed by atoms with Gasteiger partial charge in [-0.3, -0.25) is 9.48 Å². The van der Waals surface area contributed by atoms with E-state index >= 15 is 0 Å². The molecule has 1 heterocycles. The summed E-state index contributed by atoms with van der Waals surface area (Å²) in [6.07, 6.45) is 4.85. The number of hydrogen-bond donors (Lipinski definition) is 1. The minimum absolute atomic E-state index is 0.00295. The Morgan fingerprint density at radius 3 is 2.93 bits per heavy atom. The zero-order valence-corrected chi connectivity index (χ0v) is 16.3. The minimum atomic E-state index is -0.0287. The lowest BCUT2D eigenvalue weighted by atomic mass is 9.92. The number of nitrogens with zero attached hydrogens (tertiary/aromatic N) is 2. The van der Waals surface area contributed by atoms with E-state index in [1.54, 1.807) is 7.11 Å². The maximum absolute atomic E-state index is 12.7. The van der Waals surface area contributed by atoms with Crippen LogP contribution in [0, 0.1) is 6.92 Å². The second-order valence-electron chi connectivity index (χ2n) is 7.30. The Bertz CT molecular complexity index is 993. The molecule has 0 aliphatic heterocycles. The first-order valence-corrected chi connectivity index (χ1v) is 9.69. The van der Waals surface area contributed by atoms with Crippen molar-refractivity contribution in [2.75, 3.05) is 7.11 Å². The minimum Gasteiger partial charge on any atom is -0.496 e. The van der Waals surface area contributed by atoms with Crippen molar-refractivity contribution in [1.29, 1.82) is 0 Å². The smallest absolute Gasteiger partial charge is 0.251 e. The van der Waals surface area contributed by atoms with Crippen molar-refractivity contribution in [1.82, 2.24) is 15.1 Å². The molecule has 4 rings (SSSR count). The number of carbonyl (C=O) groups excluding carboxylic acids is 1. The summed E-state index contributed by atoms with van der Waals surface area (Å²) >= 11 is 0. The molecule has 1 aliphatic rings. The predicted octanol–water partition coefficient (Wildman–Crippen LogP) is 4.06. The molecule has 1 aromatic heterocycles. The van der Waals surface area contributed by atoms with Gasteiger partial charge in [-0.1, -0.05) is 35.9 Å². The summed E-state index contributed by atoms with van der Waals surface area (Å²) in [7, 11) is 1.69. The largest absolute Gasteiger partial charge is 0.496 e. The SMILES string of the molecule is COc1ccccc1Cn1ncc2c1CCCC2NC(=O)c1cccc(C)c1. The van der Waals surface area contributed by atoms with Gasteiger partial charge in [0.2, 0.25) is 0 Å². The van der Waals surface area contributed by atoms with Crippen LogP contribution in [0.2, 0.25) is 0 Å². The maximum Gasteiger partial charge on any atom is 0.251 e. The van der Waals surface area contributed by atoms with E-state index < -0.39 is 0 Å². The van der Waals surface area contributed by atoms with Crippen LogP contribution in [-0.4, -0.2) is 22.8 Å². The fourth-order valence-electron chi connectivity index (χ4n) is 3.93. The lowest BCUT2D eigenvalue weighted by Gasteiger charge is -2.24. The number of carbonyl (C=O) groups is 1. The third kappa shape index (κ3) is 3.65. The van der Waals surface area contributed by atoms with E-state index in [4.69, 9.17) is 4.74 Å². The molecule has 0 saturated heterocycles. The standard InChI is InChI=1S/C23H25N3O2/c1-16-7-5-9-17(13-16)23(27)25-20-10-6-11-21-19(20)14-24-26(21)15-18-8-3-4-12-22(18)28-2/h3-5,7-9,12-14,20H,6,10-11,15H2,1-2H3,(H,25,27). The van der Waals surface area contributed by atoms with Crippen LogP contribution < -0.4 is 10.1 Å². The van der Waals surface area contributed by atoms with Crippen molar-refractivity contribution >= 4 is 5.91 Å². The van der Waals surface area contributed by atoms with E-state index in [-0.39, 0.29) is 11.9 Å². The zero-order chi connectivity index (χ0) is 19.5. The van der Waals surface area contributed by atoms with E-state index in [0.717, 1.165) is 41.7 Å². The molecule has 0 bridgehead atoms. The first-order valence-electron chi connectivity index (χ1n) is 9.69. The van der Waals surface area contributed by atoms with E-state index in [1.807, 2.05) is 60.3 Å². The second kappa shape index (κ2) is 7.89. The van der Waals surface area contributed by atoms with Gasteiger partial charge in [-0.05, 0) is 44.4 Å². The normalized spacial score (nSPS) is 15.7. The van der Waals surface area contributed by atoms with Crippen molar-refractivity contribution in [3.63, 3.8) is 0 Å². The number of methoxy groups -OCH3 is 1. The first-order chi connectivity index (χ1) is 13.7. The average Bonchev–Trinajstić information content (AvgIpc) is 3.12. The number of hydrogen-bond acceptors (Lipinski definition) is 3. The Labute approximate surface area is 165 Å². The molecule has 1 aliphatic carbocycles. The summed E-state index contributed by atoms with van der Waals surface area (Å²) in [4.78, 5) is 12.7. The number of rotatable bonds is 5. The molecule has 144 valence electrons. The van der Waals surface area contributed by atoms with Crippen molar-refractivity contribution in [3.8, 4) is 5.75 Å². The van der Waals surface area contributed by atoms with Crippen LogP contribution in [0.3, 0.4) is 0 Å². The van der Waals surface area contributed by atoms with E-state index in [1.165, 1.54) is 5.69 Å². The van der Waals surface area contributed by atoms with Crippen LogP contribution in [0.4, 0.5) is 0 Å². The van der Waals surface area contributed by atoms with Gasteiger partial charge < -0.3 is 10.1 Å². The summed E-state index contributed by atoms with van der Waals surface area (Å²) in [5.74, 6) is 0.839. The highest BCUT2D eigenvalue weighted by Gasteiger charge is 2.26. The van der Waals surface area contributed by atoms with E-state index in [2.05, 4.69) is 16.5 Å². The topological polar surface area (TPSA) is 56.1 Å². The number of nitrogens with one attached hydrogen (secondary N) is 1. The molecule has 0 radical (unpaired) electrons. The lowest BCUT2D eigenvalue weighted by Crippen LogP contribution is -2.31. The third-order valence-corrected chi connectivity index (χ3v) is 5.36. The summed E-state index contributed by atoms with van der Waals surface area (Å²) in [6, 6.07) is 15.7. The van der Waals surface area contributed by atoms with Crippen LogP contribution in [-0.2, 0) is 13.0 Å². The van der Waals surface area contributed by atoms with Gasteiger partial charge in [-0.2, -0.15) is 5.10 Å². The lowest BCUT2D eigenvalue weighted by molar-refractivity contribution is 0.0932. The molecule has 1 atom stereocenters. The molecule has 1 N–H and O–H groups in total. The van der Waals surface area contributed by atoms with Gasteiger partial charge in [0.1, 0.15) is 5.75 Å². The molecule has 5 nitrogen and oxygen atoms in total. The fourth-order valence-corrected chi connectivity index (χ4v) is 3.93. The van der Waals surface area contributed by atoms with Gasteiger partial charge in [-0.25, -0.2) is 0 Å². The van der Waals surface area contributed by atoms with E-state index in [9.17, 15) is 4.79 Å². The van der Waals surface area contributed by atoms with Crippen LogP contribution >= 0.6 is 0 Å². The Balaban J connectivity index is 1.55. The molecule has 2 aromatic carbocycles. The quantitative estimate of drug-likeness (QED) is 0.732. The summed E-state index contributed by atoms with van der Waals surface area (Å²) < 4.78 is 7.51. The Kier molecular flexibility index (Phi) is 5.15. The number of benzene rings is 2. The highest BCUT2D eigenvalue weighted by Crippen LogP contribution is 2.31. The molecular formula is C23H25N3O2. The zero-order valence-electron chi connectivity index (χ0n) is 16.3. The Morgan fingerprint density at radius 1 is 1.25 bits per heavy atom.